The highest BCUT2D eigenvalue weighted by atomic mass is 127. The third-order valence-corrected chi connectivity index (χ3v) is 3.68. The van der Waals surface area contributed by atoms with E-state index in [2.05, 4.69) is 4.98 Å². The van der Waals surface area contributed by atoms with E-state index >= 15 is 0 Å². The lowest BCUT2D eigenvalue weighted by Crippen LogP contribution is -2.26. The molecule has 0 aliphatic rings. The maximum Gasteiger partial charge on any atom is 0.267 e. The van der Waals surface area contributed by atoms with Crippen LogP contribution in [0.4, 0.5) is 4.39 Å². The number of hydrogen-bond acceptors (Lipinski definition) is 2. The van der Waals surface area contributed by atoms with Crippen molar-refractivity contribution in [1.29, 1.82) is 0 Å². The van der Waals surface area contributed by atoms with Crippen molar-refractivity contribution in [3.63, 3.8) is 0 Å². The van der Waals surface area contributed by atoms with Gasteiger partial charge in [0.15, 0.2) is 0 Å². The van der Waals surface area contributed by atoms with Crippen LogP contribution in [-0.2, 0) is 6.54 Å². The molecule has 94 valence electrons. The van der Waals surface area contributed by atoms with Crippen LogP contribution in [-0.4, -0.2) is 9.55 Å². The third-order valence-electron chi connectivity index (χ3n) is 2.58. The standard InChI is InChI=1S/C12H9ClFIN2O/c1-7-16-5-11(15)12(18)17(7)6-8-9(13)3-2-4-10(8)14/h2-5H,6H2,1H3. The molecule has 6 heteroatoms. The van der Waals surface area contributed by atoms with Gasteiger partial charge >= 0.3 is 0 Å². The summed E-state index contributed by atoms with van der Waals surface area (Å²) in [4.78, 5) is 16.1. The van der Waals surface area contributed by atoms with Crippen LogP contribution in [0, 0.1) is 16.3 Å². The number of benzene rings is 1. The number of aryl methyl sites for hydroxylation is 1. The minimum Gasteiger partial charge on any atom is -0.291 e. The van der Waals surface area contributed by atoms with Crippen LogP contribution in [0.15, 0.2) is 29.2 Å². The molecule has 1 aromatic heterocycles. The molecule has 3 nitrogen and oxygen atoms in total. The molecule has 0 saturated heterocycles. The van der Waals surface area contributed by atoms with Gasteiger partial charge in [-0.1, -0.05) is 17.7 Å². The zero-order valence-corrected chi connectivity index (χ0v) is 12.4. The molecule has 1 heterocycles. The van der Waals surface area contributed by atoms with Crippen LogP contribution < -0.4 is 5.56 Å². The monoisotopic (exact) mass is 378 g/mol. The molecule has 1 aromatic carbocycles. The van der Waals surface area contributed by atoms with Gasteiger partial charge in [-0.05, 0) is 41.6 Å². The summed E-state index contributed by atoms with van der Waals surface area (Å²) in [6, 6.07) is 4.45. The van der Waals surface area contributed by atoms with E-state index in [4.69, 9.17) is 11.6 Å². The predicted octanol–water partition coefficient (Wildman–Crippen LogP) is 3.00. The molecule has 0 amide bonds. The lowest BCUT2D eigenvalue weighted by molar-refractivity contribution is 0.589. The molecule has 2 rings (SSSR count). The number of aromatic nitrogens is 2. The van der Waals surface area contributed by atoms with Crippen LogP contribution in [0.25, 0.3) is 0 Å². The van der Waals surface area contributed by atoms with Gasteiger partial charge in [-0.2, -0.15) is 0 Å². The SMILES string of the molecule is Cc1ncc(I)c(=O)n1Cc1c(F)cccc1Cl. The molecule has 2 aromatic rings. The van der Waals surface area contributed by atoms with E-state index in [0.717, 1.165) is 0 Å². The Bertz CT molecular complexity index is 637. The Morgan fingerprint density at radius 3 is 2.89 bits per heavy atom. The van der Waals surface area contributed by atoms with Gasteiger partial charge in [-0.15, -0.1) is 0 Å². The van der Waals surface area contributed by atoms with Crippen molar-refractivity contribution >= 4 is 34.2 Å². The van der Waals surface area contributed by atoms with Gasteiger partial charge in [0.1, 0.15) is 11.6 Å². The minimum absolute atomic E-state index is 0.0833. The molecule has 0 radical (unpaired) electrons. The predicted molar refractivity (Wildman–Crippen MR) is 76.5 cm³/mol. The molecule has 0 aliphatic heterocycles. The fourth-order valence-corrected chi connectivity index (χ4v) is 2.23. The van der Waals surface area contributed by atoms with Crippen molar-refractivity contribution in [3.8, 4) is 0 Å². The van der Waals surface area contributed by atoms with Crippen molar-refractivity contribution in [3.05, 3.63) is 60.5 Å². The summed E-state index contributed by atoms with van der Waals surface area (Å²) in [5.74, 6) is 0.104. The topological polar surface area (TPSA) is 34.9 Å². The number of nitrogens with zero attached hydrogens (tertiary/aromatic N) is 2. The number of hydrogen-bond donors (Lipinski definition) is 0. The molecule has 0 N–H and O–H groups in total. The van der Waals surface area contributed by atoms with E-state index in [1.165, 1.54) is 22.9 Å². The Kier molecular flexibility index (Phi) is 4.01. The summed E-state index contributed by atoms with van der Waals surface area (Å²) in [5.41, 5.74) is 0.107. The quantitative estimate of drug-likeness (QED) is 0.753. The minimum atomic E-state index is -0.423. The van der Waals surface area contributed by atoms with Gasteiger partial charge in [0.05, 0.1) is 10.1 Å². The van der Waals surface area contributed by atoms with Crippen LogP contribution in [0.5, 0.6) is 0 Å². The average Bonchev–Trinajstić information content (AvgIpc) is 2.33. The Labute approximate surface area is 122 Å². The summed E-state index contributed by atoms with van der Waals surface area (Å²) in [5, 5.41) is 0.306. The maximum absolute atomic E-state index is 13.7. The highest BCUT2D eigenvalue weighted by Crippen LogP contribution is 2.19. The lowest BCUT2D eigenvalue weighted by atomic mass is 10.2. The van der Waals surface area contributed by atoms with Gasteiger partial charge in [0, 0.05) is 16.8 Å². The van der Waals surface area contributed by atoms with Crippen molar-refractivity contribution in [2.45, 2.75) is 13.5 Å². The average molecular weight is 379 g/mol. The van der Waals surface area contributed by atoms with Crippen molar-refractivity contribution in [2.75, 3.05) is 0 Å². The smallest absolute Gasteiger partial charge is 0.267 e. The van der Waals surface area contributed by atoms with Gasteiger partial charge in [0.2, 0.25) is 0 Å². The van der Waals surface area contributed by atoms with E-state index < -0.39 is 5.82 Å². The first-order valence-electron chi connectivity index (χ1n) is 5.15. The van der Waals surface area contributed by atoms with Gasteiger partial charge in [-0.25, -0.2) is 9.37 Å². The van der Waals surface area contributed by atoms with E-state index in [9.17, 15) is 9.18 Å². The molecular formula is C12H9ClFIN2O. The Morgan fingerprint density at radius 2 is 2.22 bits per heavy atom. The molecule has 0 saturated carbocycles. The summed E-state index contributed by atoms with van der Waals surface area (Å²) >= 11 is 7.85. The highest BCUT2D eigenvalue weighted by molar-refractivity contribution is 14.1. The molecular weight excluding hydrogens is 370 g/mol. The summed E-state index contributed by atoms with van der Waals surface area (Å²) < 4.78 is 15.6. The first-order chi connectivity index (χ1) is 8.50. The first kappa shape index (κ1) is 13.5. The Balaban J connectivity index is 2.53. The summed E-state index contributed by atoms with van der Waals surface area (Å²) in [6.45, 7) is 1.78. The van der Waals surface area contributed by atoms with E-state index in [1.807, 2.05) is 22.6 Å². The van der Waals surface area contributed by atoms with E-state index in [1.54, 1.807) is 13.0 Å². The van der Waals surface area contributed by atoms with Crippen molar-refractivity contribution < 1.29 is 4.39 Å². The maximum atomic E-state index is 13.7. The molecule has 0 bridgehead atoms. The van der Waals surface area contributed by atoms with Gasteiger partial charge < -0.3 is 0 Å². The zero-order valence-electron chi connectivity index (χ0n) is 9.45. The normalized spacial score (nSPS) is 10.7. The second-order valence-electron chi connectivity index (χ2n) is 3.74. The van der Waals surface area contributed by atoms with E-state index in [-0.39, 0.29) is 12.1 Å². The largest absolute Gasteiger partial charge is 0.291 e. The van der Waals surface area contributed by atoms with Crippen LogP contribution in [0.1, 0.15) is 11.4 Å². The molecule has 0 aliphatic carbocycles. The van der Waals surface area contributed by atoms with Crippen LogP contribution in [0.2, 0.25) is 5.02 Å². The highest BCUT2D eigenvalue weighted by Gasteiger charge is 2.11. The molecule has 18 heavy (non-hydrogen) atoms. The number of rotatable bonds is 2. The van der Waals surface area contributed by atoms with Crippen LogP contribution in [0.3, 0.4) is 0 Å². The molecule has 0 unspecified atom stereocenters. The van der Waals surface area contributed by atoms with Gasteiger partial charge in [-0.3, -0.25) is 9.36 Å². The van der Waals surface area contributed by atoms with E-state index in [0.29, 0.717) is 20.0 Å². The first-order valence-corrected chi connectivity index (χ1v) is 6.61. The summed E-state index contributed by atoms with van der Waals surface area (Å²) in [7, 11) is 0. The lowest BCUT2D eigenvalue weighted by Gasteiger charge is -2.11. The van der Waals surface area contributed by atoms with Crippen molar-refractivity contribution in [1.82, 2.24) is 9.55 Å². The molecule has 0 atom stereocenters. The molecule has 0 spiro atoms. The second kappa shape index (κ2) is 5.36. The van der Waals surface area contributed by atoms with Gasteiger partial charge in [0.25, 0.3) is 5.56 Å². The fraction of sp³-hybridized carbons (Fsp3) is 0.167. The Hall–Kier alpha value is -0.950. The second-order valence-corrected chi connectivity index (χ2v) is 5.31. The summed E-state index contributed by atoms with van der Waals surface area (Å²) in [6.07, 6.45) is 1.50. The Morgan fingerprint density at radius 1 is 1.50 bits per heavy atom. The van der Waals surface area contributed by atoms with Crippen molar-refractivity contribution in [2.24, 2.45) is 0 Å². The number of halogens is 3. The zero-order chi connectivity index (χ0) is 13.3. The van der Waals surface area contributed by atoms with Crippen LogP contribution >= 0.6 is 34.2 Å². The fourth-order valence-electron chi connectivity index (χ4n) is 1.58. The molecule has 0 fully saturated rings. The third kappa shape index (κ3) is 2.56.